The van der Waals surface area contributed by atoms with Crippen molar-refractivity contribution in [2.75, 3.05) is 0 Å². The first-order valence-electron chi connectivity index (χ1n) is 2.46. The van der Waals surface area contributed by atoms with Gasteiger partial charge >= 0.3 is 0 Å². The van der Waals surface area contributed by atoms with Crippen LogP contribution < -0.4 is 5.32 Å². The lowest BCUT2D eigenvalue weighted by molar-refractivity contribution is 1.07. The second-order valence-corrected chi connectivity index (χ2v) is 1.51. The molecule has 0 aromatic rings. The fraction of sp³-hybridized carbons (Fsp3) is 0.167. The number of hydrogen-bond donors (Lipinski definition) is 0. The molecular weight excluding hydrogens is 100 g/mol. The second-order valence-electron chi connectivity index (χ2n) is 1.51. The lowest BCUT2D eigenvalue weighted by Gasteiger charge is -1.88. The predicted molar refractivity (Wildman–Crippen MR) is 33.5 cm³/mol. The van der Waals surface area contributed by atoms with Crippen LogP contribution in [0.2, 0.25) is 0 Å². The van der Waals surface area contributed by atoms with Gasteiger partial charge in [-0.2, -0.15) is 0 Å². The summed E-state index contributed by atoms with van der Waals surface area (Å²) in [7, 11) is 0. The molecule has 0 aromatic heterocycles. The summed E-state index contributed by atoms with van der Waals surface area (Å²) in [5.74, 6) is 0. The minimum atomic E-state index is 0.819. The molecule has 41 valence electrons. The Kier molecular flexibility index (Phi) is 1.47. The summed E-state index contributed by atoms with van der Waals surface area (Å²) in [5.41, 5.74) is 0.986. The van der Waals surface area contributed by atoms with Crippen molar-refractivity contribution in [3.8, 4) is 0 Å². The molecule has 0 aromatic carbocycles. The van der Waals surface area contributed by atoms with Crippen molar-refractivity contribution >= 4 is 6.34 Å². The molecule has 0 atom stereocenters. The van der Waals surface area contributed by atoms with E-state index in [0.29, 0.717) is 0 Å². The van der Waals surface area contributed by atoms with Crippen molar-refractivity contribution in [2.45, 2.75) is 6.42 Å². The van der Waals surface area contributed by atoms with Gasteiger partial charge in [-0.1, -0.05) is 6.08 Å². The molecule has 1 aliphatic heterocycles. The quantitative estimate of drug-likeness (QED) is 0.471. The third kappa shape index (κ3) is 0.964. The monoisotopic (exact) mass is 107 g/mol. The average Bonchev–Trinajstić information content (AvgIpc) is 2.19. The van der Waals surface area contributed by atoms with Crippen LogP contribution in [-0.2, 0) is 0 Å². The fourth-order valence-corrected chi connectivity index (χ4v) is 0.513. The molecule has 2 heteroatoms. The normalized spacial score (nSPS) is 15.2. The van der Waals surface area contributed by atoms with Crippen LogP contribution in [0.4, 0.5) is 0 Å². The van der Waals surface area contributed by atoms with Gasteiger partial charge in [-0.25, -0.2) is 10.3 Å². The Hall–Kier alpha value is -1.05. The maximum atomic E-state index is 3.92. The van der Waals surface area contributed by atoms with Gasteiger partial charge in [-0.05, 0) is 0 Å². The highest BCUT2D eigenvalue weighted by Gasteiger charge is 1.95. The summed E-state index contributed by atoms with van der Waals surface area (Å²) in [6, 6.07) is 0. The van der Waals surface area contributed by atoms with E-state index in [2.05, 4.69) is 16.9 Å². The third-order valence-corrected chi connectivity index (χ3v) is 0.867. The topological polar surface area (TPSA) is 26.5 Å². The van der Waals surface area contributed by atoms with E-state index in [0.717, 1.165) is 12.1 Å². The molecule has 0 bridgehead atoms. The van der Waals surface area contributed by atoms with Gasteiger partial charge in [0.05, 0.1) is 11.9 Å². The Labute approximate surface area is 48.6 Å². The average molecular weight is 107 g/mol. The van der Waals surface area contributed by atoms with Crippen molar-refractivity contribution in [2.24, 2.45) is 4.99 Å². The SMILES string of the molecule is C=CCC1=CN=C[N]1. The molecule has 1 heterocycles. The van der Waals surface area contributed by atoms with Crippen molar-refractivity contribution < 1.29 is 0 Å². The molecule has 0 saturated heterocycles. The van der Waals surface area contributed by atoms with Crippen LogP contribution in [0, 0.1) is 0 Å². The Bertz CT molecular complexity index is 145. The van der Waals surface area contributed by atoms with Gasteiger partial charge in [0, 0.05) is 6.42 Å². The number of rotatable bonds is 2. The molecule has 0 spiro atoms. The molecule has 0 unspecified atom stereocenters. The Morgan fingerprint density at radius 2 is 2.62 bits per heavy atom. The van der Waals surface area contributed by atoms with Crippen molar-refractivity contribution in [1.82, 2.24) is 5.32 Å². The smallest absolute Gasteiger partial charge is 0.115 e. The molecule has 0 fully saturated rings. The summed E-state index contributed by atoms with van der Waals surface area (Å²) in [6.45, 7) is 3.57. The number of hydrogen-bond acceptors (Lipinski definition) is 1. The minimum absolute atomic E-state index is 0.819. The van der Waals surface area contributed by atoms with E-state index in [1.165, 1.54) is 0 Å². The fourth-order valence-electron chi connectivity index (χ4n) is 0.513. The lowest BCUT2D eigenvalue weighted by Crippen LogP contribution is -1.93. The van der Waals surface area contributed by atoms with E-state index < -0.39 is 0 Å². The Morgan fingerprint density at radius 3 is 3.12 bits per heavy atom. The highest BCUT2D eigenvalue weighted by Crippen LogP contribution is 2.01. The minimum Gasteiger partial charge on any atom is -0.243 e. The zero-order chi connectivity index (χ0) is 5.82. The molecule has 0 saturated carbocycles. The second kappa shape index (κ2) is 2.31. The van der Waals surface area contributed by atoms with E-state index in [-0.39, 0.29) is 0 Å². The zero-order valence-corrected chi connectivity index (χ0v) is 4.54. The predicted octanol–water partition coefficient (Wildman–Crippen LogP) is 1.05. The molecule has 2 nitrogen and oxygen atoms in total. The molecular formula is C6H7N2. The third-order valence-electron chi connectivity index (χ3n) is 0.867. The zero-order valence-electron chi connectivity index (χ0n) is 4.54. The maximum absolute atomic E-state index is 3.92. The van der Waals surface area contributed by atoms with Gasteiger partial charge in [0.25, 0.3) is 0 Å². The maximum Gasteiger partial charge on any atom is 0.115 e. The molecule has 0 aliphatic carbocycles. The first-order valence-corrected chi connectivity index (χ1v) is 2.46. The van der Waals surface area contributed by atoms with Crippen LogP contribution in [0.1, 0.15) is 6.42 Å². The van der Waals surface area contributed by atoms with E-state index in [1.54, 1.807) is 12.5 Å². The molecule has 1 aliphatic rings. The lowest BCUT2D eigenvalue weighted by atomic mass is 10.3. The van der Waals surface area contributed by atoms with Crippen LogP contribution in [-0.4, -0.2) is 6.34 Å². The Balaban J connectivity index is 2.39. The Morgan fingerprint density at radius 1 is 1.75 bits per heavy atom. The molecule has 8 heavy (non-hydrogen) atoms. The van der Waals surface area contributed by atoms with Crippen molar-refractivity contribution in [3.05, 3.63) is 24.6 Å². The van der Waals surface area contributed by atoms with Crippen LogP contribution in [0.3, 0.4) is 0 Å². The standard InChI is InChI=1S/C6H7N2/c1-2-3-6-4-7-5-8-6/h2,4-5H,1,3H2. The number of aliphatic imine (C=N–C) groups is 1. The van der Waals surface area contributed by atoms with Gasteiger partial charge in [0.2, 0.25) is 0 Å². The molecule has 1 radical (unpaired) electrons. The van der Waals surface area contributed by atoms with Crippen LogP contribution in [0.5, 0.6) is 0 Å². The molecule has 0 N–H and O–H groups in total. The van der Waals surface area contributed by atoms with E-state index in [4.69, 9.17) is 0 Å². The van der Waals surface area contributed by atoms with Gasteiger partial charge in [0.1, 0.15) is 6.34 Å². The highest BCUT2D eigenvalue weighted by atomic mass is 15.0. The summed E-state index contributed by atoms with van der Waals surface area (Å²) in [5, 5.41) is 3.92. The van der Waals surface area contributed by atoms with E-state index in [9.17, 15) is 0 Å². The van der Waals surface area contributed by atoms with Crippen LogP contribution in [0.25, 0.3) is 0 Å². The number of nitrogens with zero attached hydrogens (tertiary/aromatic N) is 2. The van der Waals surface area contributed by atoms with Gasteiger partial charge in [-0.15, -0.1) is 6.58 Å². The van der Waals surface area contributed by atoms with Gasteiger partial charge in [0.15, 0.2) is 0 Å². The van der Waals surface area contributed by atoms with Crippen LogP contribution in [0.15, 0.2) is 29.5 Å². The summed E-state index contributed by atoms with van der Waals surface area (Å²) in [4.78, 5) is 3.78. The number of allylic oxidation sites excluding steroid dienone is 1. The highest BCUT2D eigenvalue weighted by molar-refractivity contribution is 5.61. The molecule has 1 rings (SSSR count). The van der Waals surface area contributed by atoms with E-state index in [1.807, 2.05) is 6.08 Å². The summed E-state index contributed by atoms with van der Waals surface area (Å²) < 4.78 is 0. The van der Waals surface area contributed by atoms with E-state index >= 15 is 0 Å². The first kappa shape index (κ1) is 5.09. The largest absolute Gasteiger partial charge is 0.243 e. The van der Waals surface area contributed by atoms with Gasteiger partial charge < -0.3 is 0 Å². The molecule has 0 amide bonds. The van der Waals surface area contributed by atoms with Crippen LogP contribution >= 0.6 is 0 Å². The summed E-state index contributed by atoms with van der Waals surface area (Å²) in [6.07, 6.45) is 5.91. The van der Waals surface area contributed by atoms with Crippen molar-refractivity contribution in [1.29, 1.82) is 0 Å². The van der Waals surface area contributed by atoms with Crippen molar-refractivity contribution in [3.63, 3.8) is 0 Å². The summed E-state index contributed by atoms with van der Waals surface area (Å²) >= 11 is 0. The first-order chi connectivity index (χ1) is 3.93. The van der Waals surface area contributed by atoms with Gasteiger partial charge in [-0.3, -0.25) is 0 Å².